The monoisotopic (exact) mass is 438 g/mol. The Bertz CT molecular complexity index is 279. The van der Waals surface area contributed by atoms with Crippen LogP contribution >= 0.6 is 0 Å². The number of hydrogen-bond donors (Lipinski definition) is 1. The fourth-order valence-corrected chi connectivity index (χ4v) is 4.33. The molecule has 2 nitrogen and oxygen atoms in total. The van der Waals surface area contributed by atoms with Crippen LogP contribution in [0.15, 0.2) is 0 Å². The lowest BCUT2D eigenvalue weighted by atomic mass is 10.0. The first-order valence-corrected chi connectivity index (χ1v) is 14.3. The van der Waals surface area contributed by atoms with Crippen LogP contribution in [0, 0.1) is 17.8 Å². The third-order valence-corrected chi connectivity index (χ3v) is 6.47. The van der Waals surface area contributed by atoms with Crippen molar-refractivity contribution >= 4 is 0 Å². The van der Waals surface area contributed by atoms with Crippen molar-refractivity contribution < 1.29 is 0 Å². The van der Waals surface area contributed by atoms with Crippen LogP contribution in [-0.4, -0.2) is 37.6 Å². The van der Waals surface area contributed by atoms with E-state index in [1.807, 2.05) is 0 Å². The molecule has 0 bridgehead atoms. The number of nitrogens with zero attached hydrogens (tertiary/aromatic N) is 1. The van der Waals surface area contributed by atoms with Crippen LogP contribution in [0.5, 0.6) is 0 Å². The Morgan fingerprint density at radius 1 is 0.484 bits per heavy atom. The van der Waals surface area contributed by atoms with E-state index in [-0.39, 0.29) is 0 Å². The number of nitrogens with one attached hydrogen (secondary N) is 1. The van der Waals surface area contributed by atoms with Gasteiger partial charge in [0.25, 0.3) is 0 Å². The average Bonchev–Trinajstić information content (AvgIpc) is 2.73. The second kappa shape index (κ2) is 23.1. The SMILES string of the molecule is C1CCNCC1.CC(C)CCCCCN(CCCCCC(C)C)CCCCCC(C)C. The number of unbranched alkanes of at least 4 members (excludes halogenated alkanes) is 6. The summed E-state index contributed by atoms with van der Waals surface area (Å²) in [7, 11) is 0. The van der Waals surface area contributed by atoms with Gasteiger partial charge in [0.2, 0.25) is 0 Å². The lowest BCUT2D eigenvalue weighted by Gasteiger charge is -2.22. The Balaban J connectivity index is 0.00000127. The molecule has 1 rings (SSSR count). The average molecular weight is 439 g/mol. The maximum atomic E-state index is 3.28. The Kier molecular flexibility index (Phi) is 23.0. The highest BCUT2D eigenvalue weighted by atomic mass is 15.1. The zero-order valence-electron chi connectivity index (χ0n) is 22.8. The van der Waals surface area contributed by atoms with Gasteiger partial charge in [0, 0.05) is 0 Å². The maximum Gasteiger partial charge on any atom is -0.00187 e. The van der Waals surface area contributed by atoms with Crippen LogP contribution in [0.1, 0.15) is 138 Å². The van der Waals surface area contributed by atoms with Crippen molar-refractivity contribution in [1.29, 1.82) is 0 Å². The molecule has 1 fully saturated rings. The number of piperidine rings is 1. The molecule has 0 atom stereocenters. The van der Waals surface area contributed by atoms with Gasteiger partial charge in [-0.25, -0.2) is 0 Å². The van der Waals surface area contributed by atoms with E-state index in [1.54, 1.807) is 0 Å². The van der Waals surface area contributed by atoms with Gasteiger partial charge >= 0.3 is 0 Å². The quantitative estimate of drug-likeness (QED) is 0.215. The summed E-state index contributed by atoms with van der Waals surface area (Å²) in [6.07, 6.45) is 21.2. The summed E-state index contributed by atoms with van der Waals surface area (Å²) < 4.78 is 0. The predicted molar refractivity (Wildman–Crippen MR) is 143 cm³/mol. The van der Waals surface area contributed by atoms with Crippen LogP contribution < -0.4 is 5.32 Å². The largest absolute Gasteiger partial charge is 0.317 e. The highest BCUT2D eigenvalue weighted by Crippen LogP contribution is 2.13. The summed E-state index contributed by atoms with van der Waals surface area (Å²) in [6, 6.07) is 0. The van der Waals surface area contributed by atoms with Crippen molar-refractivity contribution in [3.63, 3.8) is 0 Å². The van der Waals surface area contributed by atoms with E-state index in [1.165, 1.54) is 129 Å². The molecule has 0 amide bonds. The minimum atomic E-state index is 0.873. The molecule has 1 aliphatic rings. The molecule has 1 saturated heterocycles. The van der Waals surface area contributed by atoms with Gasteiger partial charge in [-0.1, -0.05) is 106 Å². The molecule has 0 radical (unpaired) electrons. The van der Waals surface area contributed by atoms with Crippen molar-refractivity contribution in [3.8, 4) is 0 Å². The van der Waals surface area contributed by atoms with E-state index in [2.05, 4.69) is 51.8 Å². The van der Waals surface area contributed by atoms with E-state index in [0.717, 1.165) is 17.8 Å². The first kappa shape index (κ1) is 30.9. The van der Waals surface area contributed by atoms with Crippen molar-refractivity contribution in [2.24, 2.45) is 17.8 Å². The van der Waals surface area contributed by atoms with E-state index in [4.69, 9.17) is 0 Å². The third kappa shape index (κ3) is 26.1. The van der Waals surface area contributed by atoms with E-state index in [9.17, 15) is 0 Å². The summed E-state index contributed by atoms with van der Waals surface area (Å²) in [5.41, 5.74) is 0. The first-order valence-electron chi connectivity index (χ1n) is 14.3. The summed E-state index contributed by atoms with van der Waals surface area (Å²) in [6.45, 7) is 20.6. The summed E-state index contributed by atoms with van der Waals surface area (Å²) in [5.74, 6) is 2.62. The molecule has 0 aromatic carbocycles. The van der Waals surface area contributed by atoms with Gasteiger partial charge < -0.3 is 10.2 Å². The Morgan fingerprint density at radius 3 is 1.06 bits per heavy atom. The van der Waals surface area contributed by atoms with Crippen LogP contribution in [0.2, 0.25) is 0 Å². The van der Waals surface area contributed by atoms with Crippen LogP contribution in [0.3, 0.4) is 0 Å². The molecule has 1 N–H and O–H groups in total. The Hall–Kier alpha value is -0.0800. The summed E-state index contributed by atoms with van der Waals surface area (Å²) in [5, 5.41) is 3.28. The zero-order chi connectivity index (χ0) is 23.2. The van der Waals surface area contributed by atoms with Crippen molar-refractivity contribution in [2.45, 2.75) is 138 Å². The van der Waals surface area contributed by atoms with Gasteiger partial charge in [-0.3, -0.25) is 0 Å². The van der Waals surface area contributed by atoms with Crippen LogP contribution in [0.4, 0.5) is 0 Å². The van der Waals surface area contributed by atoms with E-state index < -0.39 is 0 Å². The highest BCUT2D eigenvalue weighted by molar-refractivity contribution is 4.61. The predicted octanol–water partition coefficient (Wildman–Crippen LogP) is 8.70. The molecule has 0 aromatic heterocycles. The van der Waals surface area contributed by atoms with Crippen molar-refractivity contribution in [1.82, 2.24) is 10.2 Å². The topological polar surface area (TPSA) is 15.3 Å². The lowest BCUT2D eigenvalue weighted by Crippen LogP contribution is -2.27. The van der Waals surface area contributed by atoms with Crippen LogP contribution in [-0.2, 0) is 0 Å². The molecule has 1 aliphatic heterocycles. The Morgan fingerprint density at radius 2 is 0.839 bits per heavy atom. The fourth-order valence-electron chi connectivity index (χ4n) is 4.33. The second-order valence-electron chi connectivity index (χ2n) is 11.4. The molecule has 188 valence electrons. The second-order valence-corrected chi connectivity index (χ2v) is 11.4. The van der Waals surface area contributed by atoms with Gasteiger partial charge in [-0.15, -0.1) is 0 Å². The number of rotatable bonds is 18. The molecule has 0 aliphatic carbocycles. The zero-order valence-corrected chi connectivity index (χ0v) is 22.8. The van der Waals surface area contributed by atoms with Crippen molar-refractivity contribution in [2.75, 3.05) is 32.7 Å². The van der Waals surface area contributed by atoms with Crippen molar-refractivity contribution in [3.05, 3.63) is 0 Å². The highest BCUT2D eigenvalue weighted by Gasteiger charge is 2.06. The van der Waals surface area contributed by atoms with E-state index in [0.29, 0.717) is 0 Å². The molecule has 2 heteroatoms. The lowest BCUT2D eigenvalue weighted by molar-refractivity contribution is 0.252. The van der Waals surface area contributed by atoms with Gasteiger partial charge in [0.05, 0.1) is 0 Å². The standard InChI is InChI=1S/C24H51N.C5H11N/c1-22(2)16-10-7-13-19-25(20-14-8-11-17-23(3)4)21-15-9-12-18-24(5)6;1-2-4-6-5-3-1/h22-24H,7-21H2,1-6H3;6H,1-5H2. The molecule has 31 heavy (non-hydrogen) atoms. The molecule has 0 spiro atoms. The molecule has 1 heterocycles. The van der Waals surface area contributed by atoms with Crippen LogP contribution in [0.25, 0.3) is 0 Å². The molecule has 0 aromatic rings. The normalized spacial score (nSPS) is 14.5. The van der Waals surface area contributed by atoms with Gasteiger partial charge in [-0.2, -0.15) is 0 Å². The summed E-state index contributed by atoms with van der Waals surface area (Å²) in [4.78, 5) is 2.78. The summed E-state index contributed by atoms with van der Waals surface area (Å²) >= 11 is 0. The van der Waals surface area contributed by atoms with Gasteiger partial charge in [0.1, 0.15) is 0 Å². The van der Waals surface area contributed by atoms with Gasteiger partial charge in [-0.05, 0) is 82.6 Å². The third-order valence-electron chi connectivity index (χ3n) is 6.47. The van der Waals surface area contributed by atoms with Gasteiger partial charge in [0.15, 0.2) is 0 Å². The number of hydrogen-bond acceptors (Lipinski definition) is 2. The smallest absolute Gasteiger partial charge is 0.00187 e. The van der Waals surface area contributed by atoms with E-state index >= 15 is 0 Å². The molecular weight excluding hydrogens is 376 g/mol. The Labute approximate surface area is 198 Å². The first-order chi connectivity index (χ1) is 14.9. The fraction of sp³-hybridized carbons (Fsp3) is 1.00. The molecular formula is C29H62N2. The minimum Gasteiger partial charge on any atom is -0.317 e. The minimum absolute atomic E-state index is 0.873. The molecule has 0 saturated carbocycles. The maximum absolute atomic E-state index is 3.28. The molecule has 0 unspecified atom stereocenters.